The van der Waals surface area contributed by atoms with Crippen molar-refractivity contribution in [2.45, 2.75) is 103 Å². The molecular formula is C44H52O4. The minimum atomic E-state index is -0.329. The van der Waals surface area contributed by atoms with E-state index in [2.05, 4.69) is 90.1 Å². The normalized spacial score (nSPS) is 25.0. The van der Waals surface area contributed by atoms with Crippen molar-refractivity contribution < 1.29 is 19.1 Å². The zero-order valence-electron chi connectivity index (χ0n) is 29.6. The lowest BCUT2D eigenvalue weighted by Crippen LogP contribution is -2.43. The van der Waals surface area contributed by atoms with Gasteiger partial charge in [-0.25, -0.2) is 9.59 Å². The van der Waals surface area contributed by atoms with Crippen LogP contribution in [0.5, 0.6) is 0 Å². The van der Waals surface area contributed by atoms with Crippen LogP contribution < -0.4 is 0 Å². The molecule has 0 aromatic heterocycles. The molecule has 0 unspecified atom stereocenters. The summed E-state index contributed by atoms with van der Waals surface area (Å²) in [4.78, 5) is 28.1. The van der Waals surface area contributed by atoms with Crippen molar-refractivity contribution in [3.63, 3.8) is 0 Å². The molecule has 0 bridgehead atoms. The quantitative estimate of drug-likeness (QED) is 0.179. The molecule has 0 spiro atoms. The monoisotopic (exact) mass is 644 g/mol. The van der Waals surface area contributed by atoms with Gasteiger partial charge < -0.3 is 9.47 Å². The molecule has 4 aromatic rings. The molecule has 0 saturated heterocycles. The van der Waals surface area contributed by atoms with Gasteiger partial charge in [0.1, 0.15) is 12.2 Å². The van der Waals surface area contributed by atoms with Crippen LogP contribution in [0.1, 0.15) is 112 Å². The van der Waals surface area contributed by atoms with Crippen molar-refractivity contribution in [2.24, 2.45) is 23.7 Å². The second-order valence-corrected chi connectivity index (χ2v) is 15.8. The van der Waals surface area contributed by atoms with E-state index < -0.39 is 0 Å². The summed E-state index contributed by atoms with van der Waals surface area (Å²) in [5, 5.41) is 1.44. The summed E-state index contributed by atoms with van der Waals surface area (Å²) in [6.07, 6.45) is 5.56. The maximum atomic E-state index is 14.0. The van der Waals surface area contributed by atoms with Crippen molar-refractivity contribution in [3.8, 4) is 0 Å². The van der Waals surface area contributed by atoms with E-state index in [0.29, 0.717) is 23.0 Å². The number of fused-ring (bicyclic) bond motifs is 1. The van der Waals surface area contributed by atoms with Crippen molar-refractivity contribution in [1.82, 2.24) is 0 Å². The molecule has 0 heterocycles. The summed E-state index contributed by atoms with van der Waals surface area (Å²) in [6, 6.07) is 32.4. The summed E-state index contributed by atoms with van der Waals surface area (Å²) in [5.41, 5.74) is 3.22. The van der Waals surface area contributed by atoms with Gasteiger partial charge in [-0.05, 0) is 82.4 Å². The highest BCUT2D eigenvalue weighted by Gasteiger charge is 2.43. The number of carbonyl (C=O) groups is 2. The fourth-order valence-electron chi connectivity index (χ4n) is 8.79. The maximum Gasteiger partial charge on any atom is 0.339 e. The minimum Gasteiger partial charge on any atom is -0.458 e. The molecule has 4 nitrogen and oxygen atoms in total. The first-order valence-corrected chi connectivity index (χ1v) is 18.0. The van der Waals surface area contributed by atoms with Gasteiger partial charge in [0, 0.05) is 11.8 Å². The maximum absolute atomic E-state index is 14.0. The highest BCUT2D eigenvalue weighted by atomic mass is 16.5. The van der Waals surface area contributed by atoms with Crippen LogP contribution in [-0.2, 0) is 20.3 Å². The highest BCUT2D eigenvalue weighted by molar-refractivity contribution is 6.11. The predicted octanol–water partition coefficient (Wildman–Crippen LogP) is 10.7. The number of benzene rings is 4. The fourth-order valence-corrected chi connectivity index (χ4v) is 8.79. The Morgan fingerprint density at radius 2 is 0.875 bits per heavy atom. The first-order valence-electron chi connectivity index (χ1n) is 18.0. The van der Waals surface area contributed by atoms with Crippen LogP contribution in [0.25, 0.3) is 10.8 Å². The van der Waals surface area contributed by atoms with E-state index in [-0.39, 0.29) is 46.8 Å². The Hall–Kier alpha value is -3.92. The fraction of sp³-hybridized carbons (Fsp3) is 0.455. The minimum absolute atomic E-state index is 0.147. The predicted molar refractivity (Wildman–Crippen MR) is 194 cm³/mol. The molecular weight excluding hydrogens is 592 g/mol. The molecule has 0 amide bonds. The Labute approximate surface area is 287 Å². The van der Waals surface area contributed by atoms with Crippen LogP contribution in [0.4, 0.5) is 0 Å². The molecule has 2 aliphatic rings. The first kappa shape index (κ1) is 34.0. The van der Waals surface area contributed by atoms with Crippen molar-refractivity contribution in [2.75, 3.05) is 0 Å². The van der Waals surface area contributed by atoms with Gasteiger partial charge in [0.25, 0.3) is 0 Å². The molecule has 48 heavy (non-hydrogen) atoms. The molecule has 4 heteroatoms. The number of hydrogen-bond donors (Lipinski definition) is 0. The zero-order chi connectivity index (χ0) is 34.1. The van der Waals surface area contributed by atoms with Crippen molar-refractivity contribution in [1.29, 1.82) is 0 Å². The summed E-state index contributed by atoms with van der Waals surface area (Å²) in [5.74, 6) is 0.711. The van der Waals surface area contributed by atoms with Gasteiger partial charge in [-0.1, -0.05) is 139 Å². The average molecular weight is 645 g/mol. The second kappa shape index (κ2) is 13.9. The van der Waals surface area contributed by atoms with Crippen LogP contribution in [-0.4, -0.2) is 24.1 Å². The number of ether oxygens (including phenoxy) is 2. The highest BCUT2D eigenvalue weighted by Crippen LogP contribution is 2.45. The Morgan fingerprint density at radius 1 is 0.521 bits per heavy atom. The Bertz CT molecular complexity index is 1600. The van der Waals surface area contributed by atoms with Gasteiger partial charge >= 0.3 is 11.9 Å². The lowest BCUT2D eigenvalue weighted by molar-refractivity contribution is -0.0246. The Balaban J connectivity index is 1.26. The van der Waals surface area contributed by atoms with Gasteiger partial charge in [0.2, 0.25) is 0 Å². The van der Waals surface area contributed by atoms with Crippen molar-refractivity contribution >= 4 is 22.7 Å². The van der Waals surface area contributed by atoms with E-state index in [9.17, 15) is 9.59 Å². The average Bonchev–Trinajstić information content (AvgIpc) is 3.08. The van der Waals surface area contributed by atoms with Crippen LogP contribution in [0.15, 0.2) is 97.1 Å². The zero-order valence-corrected chi connectivity index (χ0v) is 29.6. The number of esters is 2. The molecule has 2 fully saturated rings. The molecule has 6 rings (SSSR count). The molecule has 2 aliphatic carbocycles. The largest absolute Gasteiger partial charge is 0.458 e. The van der Waals surface area contributed by atoms with Gasteiger partial charge in [0.15, 0.2) is 0 Å². The van der Waals surface area contributed by atoms with Gasteiger partial charge in [-0.2, -0.15) is 0 Å². The molecule has 0 aliphatic heterocycles. The van der Waals surface area contributed by atoms with Crippen LogP contribution in [0, 0.1) is 23.7 Å². The Morgan fingerprint density at radius 3 is 1.25 bits per heavy atom. The van der Waals surface area contributed by atoms with Crippen LogP contribution in [0.2, 0.25) is 0 Å². The van der Waals surface area contributed by atoms with E-state index in [1.807, 2.05) is 36.4 Å². The summed E-state index contributed by atoms with van der Waals surface area (Å²) >= 11 is 0. The van der Waals surface area contributed by atoms with E-state index in [1.54, 1.807) is 12.1 Å². The molecule has 252 valence electrons. The van der Waals surface area contributed by atoms with E-state index in [1.165, 1.54) is 11.1 Å². The van der Waals surface area contributed by atoms with Gasteiger partial charge in [-0.15, -0.1) is 0 Å². The van der Waals surface area contributed by atoms with E-state index in [0.717, 1.165) is 49.3 Å². The second-order valence-electron chi connectivity index (χ2n) is 15.8. The molecule has 2 saturated carbocycles. The third-order valence-corrected chi connectivity index (χ3v) is 11.9. The topological polar surface area (TPSA) is 52.6 Å². The lowest BCUT2D eigenvalue weighted by atomic mass is 9.64. The SMILES string of the molecule is C[C@@H]1CC[C@@H](C(C)(C)c2ccccc2)[C@H](OC(=O)c2ccc(C(=O)O[C@@H]3C[C@H](C)CC[C@H]3C(C)(C)c3ccccc3)c3ccccc23)C1. The Kier molecular flexibility index (Phi) is 9.83. The summed E-state index contributed by atoms with van der Waals surface area (Å²) in [7, 11) is 0. The van der Waals surface area contributed by atoms with Crippen LogP contribution in [0.3, 0.4) is 0 Å². The number of carbonyl (C=O) groups excluding carboxylic acids is 2. The van der Waals surface area contributed by atoms with Gasteiger partial charge in [0.05, 0.1) is 11.1 Å². The number of rotatable bonds is 8. The smallest absolute Gasteiger partial charge is 0.339 e. The summed E-state index contributed by atoms with van der Waals surface area (Å²) in [6.45, 7) is 13.6. The molecule has 6 atom stereocenters. The van der Waals surface area contributed by atoms with E-state index >= 15 is 0 Å². The van der Waals surface area contributed by atoms with Gasteiger partial charge in [-0.3, -0.25) is 0 Å². The molecule has 0 radical (unpaired) electrons. The molecule has 0 N–H and O–H groups in total. The van der Waals surface area contributed by atoms with Crippen LogP contribution >= 0.6 is 0 Å². The summed E-state index contributed by atoms with van der Waals surface area (Å²) < 4.78 is 12.9. The third-order valence-electron chi connectivity index (χ3n) is 11.9. The third kappa shape index (κ3) is 6.81. The lowest BCUT2D eigenvalue weighted by Gasteiger charge is -2.44. The number of hydrogen-bond acceptors (Lipinski definition) is 4. The van der Waals surface area contributed by atoms with Crippen molar-refractivity contribution in [3.05, 3.63) is 119 Å². The molecule has 4 aromatic carbocycles. The first-order chi connectivity index (χ1) is 23.0. The van der Waals surface area contributed by atoms with E-state index in [4.69, 9.17) is 9.47 Å². The standard InChI is InChI=1S/C44H52O4/c1-29-21-25-37(43(3,4)31-15-9-7-10-16-31)39(27-29)47-41(45)35-23-24-36(34-20-14-13-19-33(34)35)42(46)48-40-28-30(2)22-26-38(40)44(5,6)32-17-11-8-12-18-32/h7-20,23-24,29-30,37-40H,21-22,25-28H2,1-6H3/t29-,30-,37-,38-,39-,40-/m1/s1.